The number of rotatable bonds is 2. The van der Waals surface area contributed by atoms with Crippen LogP contribution >= 0.6 is 0 Å². The van der Waals surface area contributed by atoms with Gasteiger partial charge in [0.05, 0.1) is 5.69 Å². The minimum atomic E-state index is 0.163. The van der Waals surface area contributed by atoms with Crippen LogP contribution in [0.25, 0.3) is 22.4 Å². The zero-order valence-corrected chi connectivity index (χ0v) is 12.8. The highest BCUT2D eigenvalue weighted by atomic mass is 16.3. The normalized spacial score (nSPS) is 10.5. The van der Waals surface area contributed by atoms with Crippen molar-refractivity contribution in [1.29, 1.82) is 5.26 Å². The van der Waals surface area contributed by atoms with E-state index in [0.29, 0.717) is 16.8 Å². The lowest BCUT2D eigenvalue weighted by Crippen LogP contribution is -1.99. The molecule has 23 heavy (non-hydrogen) atoms. The maximum Gasteiger partial charge on any atom is 0.142 e. The van der Waals surface area contributed by atoms with Gasteiger partial charge in [-0.05, 0) is 43.7 Å². The van der Waals surface area contributed by atoms with E-state index in [-0.39, 0.29) is 11.6 Å². The van der Waals surface area contributed by atoms with Gasteiger partial charge < -0.3 is 15.3 Å². The predicted octanol–water partition coefficient (Wildman–Crippen LogP) is 3.78. The number of benzene rings is 1. The van der Waals surface area contributed by atoms with Crippen LogP contribution in [0.5, 0.6) is 5.75 Å². The number of nitrogen functional groups attached to an aromatic ring is 1. The van der Waals surface area contributed by atoms with Crippen molar-refractivity contribution in [1.82, 2.24) is 4.98 Å². The van der Waals surface area contributed by atoms with Gasteiger partial charge in [-0.25, -0.2) is 4.98 Å². The summed E-state index contributed by atoms with van der Waals surface area (Å²) in [6, 6.07) is 12.4. The van der Waals surface area contributed by atoms with Crippen molar-refractivity contribution in [3.8, 4) is 34.2 Å². The Kier molecular flexibility index (Phi) is 3.51. The third kappa shape index (κ3) is 2.62. The SMILES string of the molecule is Cc1cc(-c2cc(-c3ccc(O)cc3)c(C#N)c(N)n2)c(C)o1. The quantitative estimate of drug-likeness (QED) is 0.751. The molecule has 0 amide bonds. The number of aryl methyl sites for hydroxylation is 2. The molecule has 0 aliphatic carbocycles. The molecule has 5 heteroatoms. The summed E-state index contributed by atoms with van der Waals surface area (Å²) in [5.41, 5.74) is 9.25. The molecule has 2 heterocycles. The fourth-order valence-electron chi connectivity index (χ4n) is 2.57. The lowest BCUT2D eigenvalue weighted by Gasteiger charge is -2.10. The summed E-state index contributed by atoms with van der Waals surface area (Å²) < 4.78 is 5.55. The van der Waals surface area contributed by atoms with E-state index in [9.17, 15) is 10.4 Å². The molecule has 0 radical (unpaired) electrons. The number of aromatic hydroxyl groups is 1. The molecule has 3 N–H and O–H groups in total. The molecule has 114 valence electrons. The number of phenolic OH excluding ortho intramolecular Hbond substituents is 1. The van der Waals surface area contributed by atoms with E-state index < -0.39 is 0 Å². The second-order valence-electron chi connectivity index (χ2n) is 5.30. The van der Waals surface area contributed by atoms with Crippen LogP contribution in [0, 0.1) is 25.2 Å². The Morgan fingerprint density at radius 1 is 1.13 bits per heavy atom. The van der Waals surface area contributed by atoms with Gasteiger partial charge >= 0.3 is 0 Å². The van der Waals surface area contributed by atoms with Gasteiger partial charge in [0.15, 0.2) is 0 Å². The van der Waals surface area contributed by atoms with Gasteiger partial charge in [0, 0.05) is 11.1 Å². The Bertz CT molecular complexity index is 919. The minimum absolute atomic E-state index is 0.163. The molecular weight excluding hydrogens is 290 g/mol. The monoisotopic (exact) mass is 305 g/mol. The Balaban J connectivity index is 2.24. The van der Waals surface area contributed by atoms with Gasteiger partial charge in [0.1, 0.15) is 34.7 Å². The van der Waals surface area contributed by atoms with Crippen LogP contribution in [-0.2, 0) is 0 Å². The number of aromatic nitrogens is 1. The van der Waals surface area contributed by atoms with Gasteiger partial charge in [-0.1, -0.05) is 12.1 Å². The molecule has 0 atom stereocenters. The smallest absolute Gasteiger partial charge is 0.142 e. The van der Waals surface area contributed by atoms with E-state index >= 15 is 0 Å². The van der Waals surface area contributed by atoms with Crippen LogP contribution in [0.4, 0.5) is 5.82 Å². The average Bonchev–Trinajstić information content (AvgIpc) is 2.86. The highest BCUT2D eigenvalue weighted by Crippen LogP contribution is 2.33. The standard InChI is InChI=1S/C18H15N3O2/c1-10-7-14(11(2)23-10)17-8-15(16(9-19)18(20)21-17)12-3-5-13(22)6-4-12/h3-8,22H,1-2H3,(H2,20,21). The van der Waals surface area contributed by atoms with Crippen molar-refractivity contribution in [2.24, 2.45) is 0 Å². The van der Waals surface area contributed by atoms with Crippen LogP contribution < -0.4 is 5.73 Å². The van der Waals surface area contributed by atoms with Crippen molar-refractivity contribution < 1.29 is 9.52 Å². The van der Waals surface area contributed by atoms with Crippen molar-refractivity contribution in [3.63, 3.8) is 0 Å². The van der Waals surface area contributed by atoms with E-state index in [2.05, 4.69) is 11.1 Å². The van der Waals surface area contributed by atoms with Crippen molar-refractivity contribution in [2.45, 2.75) is 13.8 Å². The summed E-state index contributed by atoms with van der Waals surface area (Å²) in [5, 5.41) is 18.8. The van der Waals surface area contributed by atoms with Gasteiger partial charge in [-0.2, -0.15) is 5.26 Å². The zero-order chi connectivity index (χ0) is 16.6. The molecule has 3 rings (SSSR count). The molecule has 5 nitrogen and oxygen atoms in total. The minimum Gasteiger partial charge on any atom is -0.508 e. The van der Waals surface area contributed by atoms with Crippen molar-refractivity contribution in [2.75, 3.05) is 5.73 Å². The van der Waals surface area contributed by atoms with Crippen molar-refractivity contribution in [3.05, 3.63) is 53.5 Å². The summed E-state index contributed by atoms with van der Waals surface area (Å²) in [5.74, 6) is 1.87. The van der Waals surface area contributed by atoms with Crippen LogP contribution in [0.15, 0.2) is 40.8 Å². The summed E-state index contributed by atoms with van der Waals surface area (Å²) in [7, 11) is 0. The van der Waals surface area contributed by atoms with Gasteiger partial charge in [-0.15, -0.1) is 0 Å². The molecule has 0 aliphatic heterocycles. The lowest BCUT2D eigenvalue weighted by molar-refractivity contribution is 0.475. The number of nitriles is 1. The fraction of sp³-hybridized carbons (Fsp3) is 0.111. The van der Waals surface area contributed by atoms with Gasteiger partial charge in [0.25, 0.3) is 0 Å². The summed E-state index contributed by atoms with van der Waals surface area (Å²) in [4.78, 5) is 4.34. The largest absolute Gasteiger partial charge is 0.508 e. The van der Waals surface area contributed by atoms with Crippen LogP contribution in [-0.4, -0.2) is 10.1 Å². The molecular formula is C18H15N3O2. The zero-order valence-electron chi connectivity index (χ0n) is 12.8. The number of nitrogens with zero attached hydrogens (tertiary/aromatic N) is 2. The second-order valence-corrected chi connectivity index (χ2v) is 5.30. The van der Waals surface area contributed by atoms with Crippen LogP contribution in [0.3, 0.4) is 0 Å². The molecule has 0 saturated heterocycles. The highest BCUT2D eigenvalue weighted by Gasteiger charge is 2.16. The molecule has 3 aromatic rings. The summed E-state index contributed by atoms with van der Waals surface area (Å²) in [6.07, 6.45) is 0. The number of furan rings is 1. The first-order valence-electron chi connectivity index (χ1n) is 7.07. The number of phenols is 1. The van der Waals surface area contributed by atoms with E-state index in [1.54, 1.807) is 24.3 Å². The van der Waals surface area contributed by atoms with Gasteiger partial charge in [-0.3, -0.25) is 0 Å². The van der Waals surface area contributed by atoms with E-state index in [1.807, 2.05) is 26.0 Å². The Labute approximate surface area is 133 Å². The predicted molar refractivity (Wildman–Crippen MR) is 87.6 cm³/mol. The van der Waals surface area contributed by atoms with Crippen LogP contribution in [0.2, 0.25) is 0 Å². The molecule has 0 saturated carbocycles. The molecule has 0 unspecified atom stereocenters. The Morgan fingerprint density at radius 3 is 2.39 bits per heavy atom. The third-order valence-corrected chi connectivity index (χ3v) is 3.65. The maximum atomic E-state index is 9.44. The number of pyridine rings is 1. The molecule has 0 bridgehead atoms. The summed E-state index contributed by atoms with van der Waals surface area (Å²) in [6.45, 7) is 3.73. The first-order valence-corrected chi connectivity index (χ1v) is 7.07. The fourth-order valence-corrected chi connectivity index (χ4v) is 2.57. The number of hydrogen-bond donors (Lipinski definition) is 2. The van der Waals surface area contributed by atoms with E-state index in [4.69, 9.17) is 10.2 Å². The molecule has 0 spiro atoms. The molecule has 1 aromatic carbocycles. The van der Waals surface area contributed by atoms with Gasteiger partial charge in [0.2, 0.25) is 0 Å². The average molecular weight is 305 g/mol. The first-order chi connectivity index (χ1) is 11.0. The molecule has 0 aliphatic rings. The number of nitrogens with two attached hydrogens (primary N) is 1. The number of hydrogen-bond acceptors (Lipinski definition) is 5. The topological polar surface area (TPSA) is 96.1 Å². The van der Waals surface area contributed by atoms with Crippen molar-refractivity contribution >= 4 is 5.82 Å². The maximum absolute atomic E-state index is 9.44. The highest BCUT2D eigenvalue weighted by molar-refractivity contribution is 5.80. The molecule has 2 aromatic heterocycles. The van der Waals surface area contributed by atoms with E-state index in [1.165, 1.54) is 0 Å². The summed E-state index contributed by atoms with van der Waals surface area (Å²) >= 11 is 0. The number of anilines is 1. The Morgan fingerprint density at radius 2 is 1.83 bits per heavy atom. The second kappa shape index (κ2) is 5.50. The van der Waals surface area contributed by atoms with Crippen LogP contribution in [0.1, 0.15) is 17.1 Å². The first kappa shape index (κ1) is 14.7. The Hall–Kier alpha value is -3.26. The van der Waals surface area contributed by atoms with E-state index in [0.717, 1.165) is 22.6 Å². The third-order valence-electron chi connectivity index (χ3n) is 3.65. The molecule has 0 fully saturated rings. The lowest BCUT2D eigenvalue weighted by atomic mass is 9.98.